The van der Waals surface area contributed by atoms with Gasteiger partial charge in [0.25, 0.3) is 0 Å². The van der Waals surface area contributed by atoms with Crippen molar-refractivity contribution >= 4 is 34.7 Å². The first-order valence-electron chi connectivity index (χ1n) is 7.88. The molecule has 4 nitrogen and oxygen atoms in total. The van der Waals surface area contributed by atoms with Crippen molar-refractivity contribution in [1.29, 1.82) is 0 Å². The highest BCUT2D eigenvalue weighted by molar-refractivity contribution is 6.35. The Hall–Kier alpha value is -2.29. The van der Waals surface area contributed by atoms with E-state index in [9.17, 15) is 17.6 Å². The molecule has 1 unspecified atom stereocenters. The second-order valence-electron chi connectivity index (χ2n) is 6.19. The van der Waals surface area contributed by atoms with Gasteiger partial charge in [0.15, 0.2) is 5.66 Å². The fourth-order valence-electron chi connectivity index (χ4n) is 2.90. The van der Waals surface area contributed by atoms with Crippen LogP contribution in [0.5, 0.6) is 0 Å². The van der Waals surface area contributed by atoms with Gasteiger partial charge in [0.1, 0.15) is 11.7 Å². The Kier molecular flexibility index (Phi) is 5.07. The Labute approximate surface area is 167 Å². The molecule has 0 spiro atoms. The molecule has 10 heteroatoms. The first kappa shape index (κ1) is 20.4. The molecular weight excluding hydrogens is 419 g/mol. The predicted octanol–water partition coefficient (Wildman–Crippen LogP) is 4.61. The van der Waals surface area contributed by atoms with Crippen LogP contribution < -0.4 is 16.8 Å². The molecule has 0 saturated carbocycles. The lowest BCUT2D eigenvalue weighted by Crippen LogP contribution is -2.47. The average Bonchev–Trinajstić information content (AvgIpc) is 2.57. The van der Waals surface area contributed by atoms with Crippen molar-refractivity contribution in [3.05, 3.63) is 74.6 Å². The Morgan fingerprint density at radius 2 is 1.79 bits per heavy atom. The molecule has 2 aromatic rings. The van der Waals surface area contributed by atoms with Crippen LogP contribution in [0.4, 0.5) is 17.6 Å². The number of rotatable bonds is 2. The Morgan fingerprint density at radius 3 is 2.36 bits per heavy atom. The molecule has 2 aromatic carbocycles. The van der Waals surface area contributed by atoms with Crippen molar-refractivity contribution in [3.63, 3.8) is 0 Å². The molecule has 0 aliphatic carbocycles. The number of alkyl halides is 3. The first-order chi connectivity index (χ1) is 12.9. The zero-order chi connectivity index (χ0) is 20.9. The summed E-state index contributed by atoms with van der Waals surface area (Å²) in [5, 5.41) is 3.32. The molecule has 0 fully saturated rings. The van der Waals surface area contributed by atoms with Crippen LogP contribution in [0.1, 0.15) is 23.6 Å². The largest absolute Gasteiger partial charge is 0.416 e. The monoisotopic (exact) mass is 432 g/mol. The Bertz CT molecular complexity index is 1020. The van der Waals surface area contributed by atoms with Crippen molar-refractivity contribution in [2.75, 3.05) is 0 Å². The second kappa shape index (κ2) is 6.95. The lowest BCUT2D eigenvalue weighted by molar-refractivity contribution is -0.137. The molecule has 3 rings (SSSR count). The molecule has 1 aliphatic rings. The highest BCUT2D eigenvalue weighted by Gasteiger charge is 2.39. The van der Waals surface area contributed by atoms with E-state index in [2.05, 4.69) is 10.3 Å². The summed E-state index contributed by atoms with van der Waals surface area (Å²) in [7, 11) is 0. The molecule has 0 aromatic heterocycles. The van der Waals surface area contributed by atoms with Crippen LogP contribution >= 0.6 is 23.2 Å². The molecule has 1 atom stereocenters. The fraction of sp³-hybridized carbons (Fsp3) is 0.167. The van der Waals surface area contributed by atoms with Gasteiger partial charge < -0.3 is 11.1 Å². The topological polar surface area (TPSA) is 76.4 Å². The Morgan fingerprint density at radius 1 is 1.11 bits per heavy atom. The molecule has 148 valence electrons. The number of halogens is 6. The van der Waals surface area contributed by atoms with Crippen LogP contribution in [0.15, 0.2) is 47.1 Å². The van der Waals surface area contributed by atoms with Crippen molar-refractivity contribution < 1.29 is 17.6 Å². The van der Waals surface area contributed by atoms with Crippen LogP contribution in [0.25, 0.3) is 5.70 Å². The number of benzene rings is 2. The van der Waals surface area contributed by atoms with Crippen molar-refractivity contribution in [3.8, 4) is 0 Å². The van der Waals surface area contributed by atoms with Gasteiger partial charge >= 0.3 is 6.18 Å². The fourth-order valence-corrected chi connectivity index (χ4v) is 3.45. The summed E-state index contributed by atoms with van der Waals surface area (Å²) in [6, 6.07) is 6.65. The molecule has 28 heavy (non-hydrogen) atoms. The molecule has 0 amide bonds. The summed E-state index contributed by atoms with van der Waals surface area (Å²) < 4.78 is 53.0. The van der Waals surface area contributed by atoms with Crippen LogP contribution in [-0.2, 0) is 11.8 Å². The first-order valence-corrected chi connectivity index (χ1v) is 8.64. The van der Waals surface area contributed by atoms with E-state index >= 15 is 0 Å². The third kappa shape index (κ3) is 3.55. The molecule has 0 saturated heterocycles. The van der Waals surface area contributed by atoms with Crippen LogP contribution in [-0.4, -0.2) is 5.84 Å². The van der Waals surface area contributed by atoms with E-state index in [1.165, 1.54) is 18.2 Å². The van der Waals surface area contributed by atoms with E-state index in [0.717, 1.165) is 12.1 Å². The zero-order valence-corrected chi connectivity index (χ0v) is 15.8. The number of hydrogen-bond donors (Lipinski definition) is 3. The van der Waals surface area contributed by atoms with Gasteiger partial charge in [-0.3, -0.25) is 5.73 Å². The summed E-state index contributed by atoms with van der Waals surface area (Å²) >= 11 is 12.1. The predicted molar refractivity (Wildman–Crippen MR) is 101 cm³/mol. The lowest BCUT2D eigenvalue weighted by Gasteiger charge is -2.34. The van der Waals surface area contributed by atoms with Crippen LogP contribution in [0.2, 0.25) is 10.0 Å². The minimum Gasteiger partial charge on any atom is -0.397 e. The summed E-state index contributed by atoms with van der Waals surface area (Å²) in [5.74, 6) is -0.837. The van der Waals surface area contributed by atoms with E-state index in [-0.39, 0.29) is 27.8 Å². The number of nitrogens with zero attached hydrogens (tertiary/aromatic N) is 1. The van der Waals surface area contributed by atoms with Crippen molar-refractivity contribution in [1.82, 2.24) is 5.32 Å². The van der Waals surface area contributed by atoms with Gasteiger partial charge in [0.2, 0.25) is 0 Å². The normalized spacial score (nSPS) is 20.1. The number of amidine groups is 1. The maximum Gasteiger partial charge on any atom is 0.416 e. The SMILES string of the molecule is CC1=NC(N)(c2ccc(Cl)cc2Cl)C(N)=C(c2ccc(C(F)(F)F)cc2F)N1. The average molecular weight is 433 g/mol. The summed E-state index contributed by atoms with van der Waals surface area (Å²) in [6.07, 6.45) is -4.68. The van der Waals surface area contributed by atoms with Gasteiger partial charge in [-0.05, 0) is 37.3 Å². The Balaban J connectivity index is 2.18. The number of nitrogens with two attached hydrogens (primary N) is 2. The summed E-state index contributed by atoms with van der Waals surface area (Å²) in [4.78, 5) is 4.29. The number of aliphatic imine (C=N–C) groups is 1. The number of hydrogen-bond acceptors (Lipinski definition) is 4. The molecule has 1 heterocycles. The maximum atomic E-state index is 14.5. The van der Waals surface area contributed by atoms with Gasteiger partial charge in [0.05, 0.1) is 17.0 Å². The number of nitrogens with one attached hydrogen (secondary N) is 1. The van der Waals surface area contributed by atoms with E-state index < -0.39 is 23.2 Å². The smallest absolute Gasteiger partial charge is 0.397 e. The van der Waals surface area contributed by atoms with Crippen molar-refractivity contribution in [2.24, 2.45) is 16.5 Å². The third-order valence-corrected chi connectivity index (χ3v) is 4.79. The quantitative estimate of drug-likeness (QED) is 0.606. The molecule has 1 aliphatic heterocycles. The molecule has 5 N–H and O–H groups in total. The van der Waals surface area contributed by atoms with E-state index in [4.69, 9.17) is 34.7 Å². The second-order valence-corrected chi connectivity index (χ2v) is 7.04. The minimum absolute atomic E-state index is 0.00670. The van der Waals surface area contributed by atoms with Gasteiger partial charge in [-0.2, -0.15) is 13.2 Å². The summed E-state index contributed by atoms with van der Waals surface area (Å²) in [5.41, 5.74) is 9.83. The van der Waals surface area contributed by atoms with E-state index in [0.29, 0.717) is 16.7 Å². The van der Waals surface area contributed by atoms with Gasteiger partial charge in [-0.15, -0.1) is 0 Å². The standard InChI is InChI=1S/C18H14Cl2F4N4/c1-8-27-15(11-4-2-9(6-14(11)21)18(22,23)24)16(25)17(26,28-8)12-5-3-10(19)7-13(12)20/h2-7H,25-26H2,1H3,(H,27,28). The zero-order valence-electron chi connectivity index (χ0n) is 14.3. The highest BCUT2D eigenvalue weighted by Crippen LogP contribution is 2.38. The van der Waals surface area contributed by atoms with E-state index in [1.54, 1.807) is 6.92 Å². The minimum atomic E-state index is -4.68. The van der Waals surface area contributed by atoms with Gasteiger partial charge in [0, 0.05) is 21.2 Å². The lowest BCUT2D eigenvalue weighted by atomic mass is 9.92. The van der Waals surface area contributed by atoms with Crippen molar-refractivity contribution in [2.45, 2.75) is 18.8 Å². The van der Waals surface area contributed by atoms with E-state index in [1.807, 2.05) is 0 Å². The molecular formula is C18H14Cl2F4N4. The molecule has 0 bridgehead atoms. The molecule has 0 radical (unpaired) electrons. The highest BCUT2D eigenvalue weighted by atomic mass is 35.5. The third-order valence-electron chi connectivity index (χ3n) is 4.24. The van der Waals surface area contributed by atoms with Gasteiger partial charge in [-0.1, -0.05) is 29.3 Å². The maximum absolute atomic E-state index is 14.5. The summed E-state index contributed by atoms with van der Waals surface area (Å²) in [6.45, 7) is 1.56. The van der Waals surface area contributed by atoms with Crippen LogP contribution in [0, 0.1) is 5.82 Å². The van der Waals surface area contributed by atoms with Gasteiger partial charge in [-0.25, -0.2) is 9.38 Å². The van der Waals surface area contributed by atoms with Crippen LogP contribution in [0.3, 0.4) is 0 Å².